The number of rotatable bonds is 6. The van der Waals surface area contributed by atoms with Gasteiger partial charge in [-0.2, -0.15) is 0 Å². The van der Waals surface area contributed by atoms with Crippen molar-refractivity contribution in [3.63, 3.8) is 0 Å². The molecule has 1 aliphatic carbocycles. The third kappa shape index (κ3) is 4.00. The van der Waals surface area contributed by atoms with Crippen molar-refractivity contribution in [3.8, 4) is 5.75 Å². The van der Waals surface area contributed by atoms with Gasteiger partial charge in [0, 0.05) is 9.90 Å². The van der Waals surface area contributed by atoms with Crippen LogP contribution in [0.4, 0.5) is 5.69 Å². The molecule has 1 aromatic carbocycles. The van der Waals surface area contributed by atoms with E-state index in [-0.39, 0.29) is 12.5 Å². The van der Waals surface area contributed by atoms with Crippen molar-refractivity contribution in [2.45, 2.75) is 18.4 Å². The molecule has 3 N–H and O–H groups in total. The first-order valence-electron chi connectivity index (χ1n) is 8.13. The molecule has 2 aromatic rings. The summed E-state index contributed by atoms with van der Waals surface area (Å²) in [5, 5.41) is 18.3. The lowest BCUT2D eigenvalue weighted by Gasteiger charge is -2.27. The van der Waals surface area contributed by atoms with Crippen LogP contribution in [0.2, 0.25) is 5.02 Å². The predicted molar refractivity (Wildman–Crippen MR) is 101 cm³/mol. The molecule has 1 saturated carbocycles. The van der Waals surface area contributed by atoms with Crippen LogP contribution in [0.5, 0.6) is 5.75 Å². The summed E-state index contributed by atoms with van der Waals surface area (Å²) in [5.74, 6) is -1.20. The molecule has 0 aliphatic heterocycles. The van der Waals surface area contributed by atoms with E-state index in [1.807, 2.05) is 17.5 Å². The zero-order valence-electron chi connectivity index (χ0n) is 14.1. The van der Waals surface area contributed by atoms with Gasteiger partial charge in [0.25, 0.3) is 0 Å². The van der Waals surface area contributed by atoms with Gasteiger partial charge in [0.15, 0.2) is 0 Å². The number of amides is 2. The number of hydrogen-bond donors (Lipinski definition) is 3. The Balaban J connectivity index is 1.64. The van der Waals surface area contributed by atoms with Gasteiger partial charge in [-0.15, -0.1) is 11.3 Å². The van der Waals surface area contributed by atoms with Crippen molar-refractivity contribution in [1.82, 2.24) is 5.32 Å². The van der Waals surface area contributed by atoms with Crippen LogP contribution in [0.3, 0.4) is 0 Å². The number of aliphatic hydroxyl groups is 1. The van der Waals surface area contributed by atoms with Crippen LogP contribution in [-0.2, 0) is 15.2 Å². The van der Waals surface area contributed by atoms with E-state index in [2.05, 4.69) is 10.6 Å². The van der Waals surface area contributed by atoms with E-state index < -0.39 is 17.4 Å². The minimum Gasteiger partial charge on any atom is -0.495 e. The third-order valence-corrected chi connectivity index (χ3v) is 5.61. The lowest BCUT2D eigenvalue weighted by Crippen LogP contribution is -2.45. The van der Waals surface area contributed by atoms with Gasteiger partial charge in [-0.3, -0.25) is 9.59 Å². The van der Waals surface area contributed by atoms with Crippen molar-refractivity contribution in [2.24, 2.45) is 5.92 Å². The molecule has 2 amide bonds. The van der Waals surface area contributed by atoms with Crippen LogP contribution in [0, 0.1) is 5.92 Å². The number of carbonyl (C=O) groups is 2. The zero-order valence-corrected chi connectivity index (χ0v) is 15.7. The Morgan fingerprint density at radius 3 is 2.73 bits per heavy atom. The topological polar surface area (TPSA) is 87.7 Å². The number of nitrogens with one attached hydrogen (secondary N) is 2. The molecule has 0 spiro atoms. The number of hydrogen-bond acceptors (Lipinski definition) is 5. The molecule has 138 valence electrons. The highest BCUT2D eigenvalue weighted by atomic mass is 35.5. The lowest BCUT2D eigenvalue weighted by molar-refractivity contribution is -0.137. The third-order valence-electron chi connectivity index (χ3n) is 4.33. The molecule has 6 nitrogen and oxygen atoms in total. The summed E-state index contributed by atoms with van der Waals surface area (Å²) in [6.07, 6.45) is 1.80. The average molecular weight is 395 g/mol. The number of ether oxygens (including phenoxy) is 1. The summed E-state index contributed by atoms with van der Waals surface area (Å²) in [7, 11) is 1.45. The maximum absolute atomic E-state index is 12.2. The van der Waals surface area contributed by atoms with E-state index in [1.165, 1.54) is 24.5 Å². The monoisotopic (exact) mass is 394 g/mol. The van der Waals surface area contributed by atoms with Gasteiger partial charge in [-0.05, 0) is 48.4 Å². The molecule has 0 saturated heterocycles. The normalized spacial score (nSPS) is 15.8. The van der Waals surface area contributed by atoms with Crippen LogP contribution in [-0.4, -0.2) is 30.6 Å². The first-order chi connectivity index (χ1) is 12.4. The first kappa shape index (κ1) is 18.7. The number of anilines is 1. The molecular formula is C18H19ClN2O4S. The Morgan fingerprint density at radius 2 is 2.12 bits per heavy atom. The van der Waals surface area contributed by atoms with E-state index in [1.54, 1.807) is 12.1 Å². The molecule has 1 aliphatic rings. The van der Waals surface area contributed by atoms with Crippen molar-refractivity contribution in [1.29, 1.82) is 0 Å². The second kappa shape index (κ2) is 7.65. The van der Waals surface area contributed by atoms with Crippen molar-refractivity contribution < 1.29 is 19.4 Å². The van der Waals surface area contributed by atoms with Crippen molar-refractivity contribution in [2.75, 3.05) is 19.0 Å². The molecule has 1 fully saturated rings. The summed E-state index contributed by atoms with van der Waals surface area (Å²) in [6, 6.07) is 8.41. The van der Waals surface area contributed by atoms with Crippen LogP contribution >= 0.6 is 22.9 Å². The number of halogens is 1. The second-order valence-corrected chi connectivity index (χ2v) is 7.54. The maximum Gasteiger partial charge on any atom is 0.313 e. The predicted octanol–water partition coefficient (Wildman–Crippen LogP) is 2.76. The summed E-state index contributed by atoms with van der Waals surface area (Å²) < 4.78 is 5.14. The molecule has 26 heavy (non-hydrogen) atoms. The molecule has 1 atom stereocenters. The maximum atomic E-state index is 12.2. The average Bonchev–Trinajstić information content (AvgIpc) is 3.34. The standard InChI is InChI=1S/C18H19ClN2O4S/c1-25-14-7-6-12(19)9-13(14)21-17(23)16(22)20-10-18(24,11-4-5-11)15-3-2-8-26-15/h2-3,6-9,11,24H,4-5,10H2,1H3,(H,20,22)(H,21,23). The van der Waals surface area contributed by atoms with Gasteiger partial charge in [0.2, 0.25) is 0 Å². The largest absolute Gasteiger partial charge is 0.495 e. The highest BCUT2D eigenvalue weighted by Crippen LogP contribution is 2.46. The lowest BCUT2D eigenvalue weighted by atomic mass is 9.95. The summed E-state index contributed by atoms with van der Waals surface area (Å²) in [5.41, 5.74) is -0.839. The molecule has 1 heterocycles. The fourth-order valence-corrected chi connectivity index (χ4v) is 3.85. The molecule has 0 radical (unpaired) electrons. The van der Waals surface area contributed by atoms with Gasteiger partial charge in [0.05, 0.1) is 19.3 Å². The molecule has 0 bridgehead atoms. The Labute approximate surface area is 160 Å². The van der Waals surface area contributed by atoms with Gasteiger partial charge in [-0.25, -0.2) is 0 Å². The van der Waals surface area contributed by atoms with Crippen molar-refractivity contribution in [3.05, 3.63) is 45.6 Å². The van der Waals surface area contributed by atoms with Crippen molar-refractivity contribution >= 4 is 40.4 Å². The quantitative estimate of drug-likeness (QED) is 0.657. The summed E-state index contributed by atoms with van der Waals surface area (Å²) in [4.78, 5) is 25.2. The number of thiophene rings is 1. The van der Waals surface area contributed by atoms with Crippen LogP contribution in [0.15, 0.2) is 35.7 Å². The number of benzene rings is 1. The van der Waals surface area contributed by atoms with E-state index in [9.17, 15) is 14.7 Å². The number of carbonyl (C=O) groups excluding carboxylic acids is 2. The van der Waals surface area contributed by atoms with E-state index in [4.69, 9.17) is 16.3 Å². The van der Waals surface area contributed by atoms with Crippen LogP contribution in [0.25, 0.3) is 0 Å². The first-order valence-corrected chi connectivity index (χ1v) is 9.39. The smallest absolute Gasteiger partial charge is 0.313 e. The SMILES string of the molecule is COc1ccc(Cl)cc1NC(=O)C(=O)NCC(O)(c1cccs1)C1CC1. The Morgan fingerprint density at radius 1 is 1.35 bits per heavy atom. The summed E-state index contributed by atoms with van der Waals surface area (Å²) >= 11 is 7.35. The van der Waals surface area contributed by atoms with E-state index in [0.717, 1.165) is 17.7 Å². The zero-order chi connectivity index (χ0) is 18.7. The molecular weight excluding hydrogens is 376 g/mol. The minimum atomic E-state index is -1.14. The fourth-order valence-electron chi connectivity index (χ4n) is 2.77. The minimum absolute atomic E-state index is 0.0168. The van der Waals surface area contributed by atoms with Crippen LogP contribution in [0.1, 0.15) is 17.7 Å². The Bertz CT molecular complexity index is 808. The Hall–Kier alpha value is -2.09. The van der Waals surface area contributed by atoms with Gasteiger partial charge < -0.3 is 20.5 Å². The highest BCUT2D eigenvalue weighted by Gasteiger charge is 2.46. The summed E-state index contributed by atoms with van der Waals surface area (Å²) in [6.45, 7) is -0.0168. The van der Waals surface area contributed by atoms with E-state index >= 15 is 0 Å². The van der Waals surface area contributed by atoms with Gasteiger partial charge in [-0.1, -0.05) is 17.7 Å². The van der Waals surface area contributed by atoms with Gasteiger partial charge >= 0.3 is 11.8 Å². The molecule has 1 aromatic heterocycles. The molecule has 8 heteroatoms. The van der Waals surface area contributed by atoms with E-state index in [0.29, 0.717) is 16.5 Å². The highest BCUT2D eigenvalue weighted by molar-refractivity contribution is 7.10. The fraction of sp³-hybridized carbons (Fsp3) is 0.333. The second-order valence-electron chi connectivity index (χ2n) is 6.16. The Kier molecular flexibility index (Phi) is 5.50. The molecule has 3 rings (SSSR count). The van der Waals surface area contributed by atoms with Gasteiger partial charge in [0.1, 0.15) is 11.4 Å². The number of methoxy groups -OCH3 is 1. The van der Waals surface area contributed by atoms with Crippen LogP contribution < -0.4 is 15.4 Å². The molecule has 1 unspecified atom stereocenters.